The largest absolute Gasteiger partial charge is 0.455 e. The lowest BCUT2D eigenvalue weighted by atomic mass is 9.82. The van der Waals surface area contributed by atoms with Gasteiger partial charge < -0.3 is 9.32 Å². The van der Waals surface area contributed by atoms with Crippen LogP contribution in [0.5, 0.6) is 0 Å². The molecule has 12 aromatic carbocycles. The second kappa shape index (κ2) is 14.8. The van der Waals surface area contributed by atoms with Gasteiger partial charge in [0.1, 0.15) is 11.2 Å². The van der Waals surface area contributed by atoms with Crippen molar-refractivity contribution in [1.29, 1.82) is 0 Å². The molecule has 70 heavy (non-hydrogen) atoms. The highest BCUT2D eigenvalue weighted by Crippen LogP contribution is 2.52. The minimum Gasteiger partial charge on any atom is -0.455 e. The summed E-state index contributed by atoms with van der Waals surface area (Å²) in [4.78, 5) is 2.41. The summed E-state index contributed by atoms with van der Waals surface area (Å²) in [5.41, 5.74) is 14.9. The fourth-order valence-corrected chi connectivity index (χ4v) is 13.3. The molecule has 1 aliphatic carbocycles. The maximum atomic E-state index is 7.25. The zero-order valence-electron chi connectivity index (χ0n) is 38.6. The number of thiophene rings is 1. The van der Waals surface area contributed by atoms with E-state index >= 15 is 0 Å². The smallest absolute Gasteiger partial charge is 0.143 e. The number of fused-ring (bicyclic) bond motifs is 16. The van der Waals surface area contributed by atoms with Crippen LogP contribution < -0.4 is 4.90 Å². The molecule has 2 heterocycles. The monoisotopic (exact) mass is 909 g/mol. The van der Waals surface area contributed by atoms with E-state index in [1.54, 1.807) is 0 Å². The van der Waals surface area contributed by atoms with Gasteiger partial charge in [-0.2, -0.15) is 0 Å². The third kappa shape index (κ3) is 5.67. The first kappa shape index (κ1) is 39.5. The van der Waals surface area contributed by atoms with Crippen LogP contribution >= 0.6 is 11.3 Å². The van der Waals surface area contributed by atoms with Gasteiger partial charge in [0.15, 0.2) is 0 Å². The SMILES string of the molecule is CC1(C)c2ccccc2-c2ccc(N(c3ccc(-c4cccc5c4sc4ccccc45)cc3)c3ccc4c(c3)oc3c(-c5ccc6c7ccccc7c7ccccc7c6c5)c5ccccc5cc34)cc21. The molecule has 0 saturated carbocycles. The van der Waals surface area contributed by atoms with Gasteiger partial charge in [-0.3, -0.25) is 0 Å². The highest BCUT2D eigenvalue weighted by atomic mass is 32.1. The molecule has 0 unspecified atom stereocenters. The van der Waals surface area contributed by atoms with Crippen LogP contribution in [0.3, 0.4) is 0 Å². The lowest BCUT2D eigenvalue weighted by Crippen LogP contribution is -2.16. The molecule has 2 aromatic heterocycles. The minimum absolute atomic E-state index is 0.149. The molecule has 0 spiro atoms. The molecule has 3 heteroatoms. The standard InChI is InChI=1S/C67H43NOS/c1-67(2)60-24-11-9-20-53(60)54-34-31-44(38-61(54)67)68(43-29-26-40(27-30-43)47-22-13-23-57-56-21-10-12-25-63(56)70-66(47)57)45-32-35-55-59-36-41-14-3-4-15-46(41)64(65(59)69-62(55)39-45)42-28-33-52-50-18-6-5-16-48(50)49-17-7-8-19-51(49)58(52)37-42/h3-39H,1-2H3. The number of benzene rings is 12. The van der Waals surface area contributed by atoms with E-state index in [1.165, 1.54) is 96.6 Å². The Morgan fingerprint density at radius 2 is 0.943 bits per heavy atom. The zero-order chi connectivity index (χ0) is 46.2. The van der Waals surface area contributed by atoms with Crippen molar-refractivity contribution in [2.75, 3.05) is 4.90 Å². The van der Waals surface area contributed by atoms with Gasteiger partial charge in [0.2, 0.25) is 0 Å². The van der Waals surface area contributed by atoms with Crippen molar-refractivity contribution in [2.45, 2.75) is 19.3 Å². The molecule has 2 nitrogen and oxygen atoms in total. The summed E-state index contributed by atoms with van der Waals surface area (Å²) in [5, 5.41) is 14.8. The second-order valence-electron chi connectivity index (χ2n) is 19.5. The Balaban J connectivity index is 0.921. The van der Waals surface area contributed by atoms with Crippen LogP contribution in [-0.2, 0) is 5.41 Å². The summed E-state index contributed by atoms with van der Waals surface area (Å²) in [6.07, 6.45) is 0. The summed E-state index contributed by atoms with van der Waals surface area (Å²) in [5.74, 6) is 0. The van der Waals surface area contributed by atoms with E-state index < -0.39 is 0 Å². The fourth-order valence-electron chi connectivity index (χ4n) is 12.1. The van der Waals surface area contributed by atoms with Crippen LogP contribution in [0.1, 0.15) is 25.0 Å². The maximum absolute atomic E-state index is 7.25. The Morgan fingerprint density at radius 3 is 1.74 bits per heavy atom. The lowest BCUT2D eigenvalue weighted by molar-refractivity contribution is 0.660. The number of furan rings is 1. The Morgan fingerprint density at radius 1 is 0.371 bits per heavy atom. The van der Waals surface area contributed by atoms with Gasteiger partial charge in [0, 0.05) is 65.1 Å². The first-order chi connectivity index (χ1) is 34.5. The predicted molar refractivity (Wildman–Crippen MR) is 300 cm³/mol. The lowest BCUT2D eigenvalue weighted by Gasteiger charge is -2.28. The third-order valence-electron chi connectivity index (χ3n) is 15.4. The average Bonchev–Trinajstić information content (AvgIpc) is 4.05. The van der Waals surface area contributed by atoms with Crippen molar-refractivity contribution in [2.24, 2.45) is 0 Å². The van der Waals surface area contributed by atoms with E-state index in [0.717, 1.165) is 50.1 Å². The van der Waals surface area contributed by atoms with Crippen molar-refractivity contribution in [1.82, 2.24) is 0 Å². The predicted octanol–water partition coefficient (Wildman–Crippen LogP) is 19.7. The summed E-state index contributed by atoms with van der Waals surface area (Å²) in [6, 6.07) is 83.0. The first-order valence-electron chi connectivity index (χ1n) is 24.2. The summed E-state index contributed by atoms with van der Waals surface area (Å²) < 4.78 is 9.88. The number of hydrogen-bond donors (Lipinski definition) is 0. The topological polar surface area (TPSA) is 16.4 Å². The van der Waals surface area contributed by atoms with Gasteiger partial charge in [0.05, 0.1) is 0 Å². The molecular formula is C67H43NOS. The van der Waals surface area contributed by atoms with E-state index in [2.05, 4.69) is 243 Å². The van der Waals surface area contributed by atoms with Gasteiger partial charge in [0.25, 0.3) is 0 Å². The van der Waals surface area contributed by atoms with Gasteiger partial charge in [-0.25, -0.2) is 0 Å². The van der Waals surface area contributed by atoms with E-state index in [9.17, 15) is 0 Å². The quantitative estimate of drug-likeness (QED) is 0.160. The maximum Gasteiger partial charge on any atom is 0.143 e. The number of nitrogens with zero attached hydrogens (tertiary/aromatic N) is 1. The number of hydrogen-bond acceptors (Lipinski definition) is 3. The van der Waals surface area contributed by atoms with Crippen LogP contribution in [0, 0.1) is 0 Å². The molecule has 328 valence electrons. The molecule has 0 N–H and O–H groups in total. The van der Waals surface area contributed by atoms with Crippen LogP contribution in [0.25, 0.3) is 119 Å². The highest BCUT2D eigenvalue weighted by Gasteiger charge is 2.36. The summed E-state index contributed by atoms with van der Waals surface area (Å²) in [7, 11) is 0. The van der Waals surface area contributed by atoms with Crippen molar-refractivity contribution in [3.8, 4) is 33.4 Å². The minimum atomic E-state index is -0.149. The second-order valence-corrected chi connectivity index (χ2v) is 20.6. The fraction of sp³-hybridized carbons (Fsp3) is 0.0448. The summed E-state index contributed by atoms with van der Waals surface area (Å²) in [6.45, 7) is 4.72. The van der Waals surface area contributed by atoms with Crippen LogP contribution in [0.2, 0.25) is 0 Å². The Labute approximate surface area is 408 Å². The molecule has 0 amide bonds. The van der Waals surface area contributed by atoms with Gasteiger partial charge in [-0.05, 0) is 137 Å². The van der Waals surface area contributed by atoms with Gasteiger partial charge >= 0.3 is 0 Å². The van der Waals surface area contributed by atoms with Gasteiger partial charge in [-0.15, -0.1) is 11.3 Å². The molecule has 0 aliphatic heterocycles. The van der Waals surface area contributed by atoms with Crippen molar-refractivity contribution in [3.05, 3.63) is 236 Å². The molecule has 0 fully saturated rings. The normalized spacial score (nSPS) is 13.1. The zero-order valence-corrected chi connectivity index (χ0v) is 39.4. The molecule has 14 aromatic rings. The molecule has 0 saturated heterocycles. The molecule has 15 rings (SSSR count). The number of rotatable bonds is 5. The van der Waals surface area contributed by atoms with Crippen LogP contribution in [-0.4, -0.2) is 0 Å². The van der Waals surface area contributed by atoms with E-state index in [4.69, 9.17) is 4.42 Å². The van der Waals surface area contributed by atoms with Crippen molar-refractivity contribution < 1.29 is 4.42 Å². The van der Waals surface area contributed by atoms with Gasteiger partial charge in [-0.1, -0.05) is 178 Å². The van der Waals surface area contributed by atoms with E-state index in [-0.39, 0.29) is 5.41 Å². The average molecular weight is 910 g/mol. The van der Waals surface area contributed by atoms with Crippen LogP contribution in [0.15, 0.2) is 229 Å². The third-order valence-corrected chi connectivity index (χ3v) is 16.6. The Kier molecular flexibility index (Phi) is 8.32. The molecule has 1 aliphatic rings. The van der Waals surface area contributed by atoms with E-state index in [0.29, 0.717) is 0 Å². The molecule has 0 atom stereocenters. The Bertz CT molecular complexity index is 4480. The first-order valence-corrected chi connectivity index (χ1v) is 25.0. The highest BCUT2D eigenvalue weighted by molar-refractivity contribution is 7.26. The van der Waals surface area contributed by atoms with E-state index in [1.807, 2.05) is 11.3 Å². The molecule has 0 radical (unpaired) electrons. The van der Waals surface area contributed by atoms with Crippen LogP contribution in [0.4, 0.5) is 17.1 Å². The summed E-state index contributed by atoms with van der Waals surface area (Å²) >= 11 is 1.88. The van der Waals surface area contributed by atoms with Crippen molar-refractivity contribution >= 4 is 114 Å². The number of anilines is 3. The van der Waals surface area contributed by atoms with Crippen molar-refractivity contribution in [3.63, 3.8) is 0 Å². The molecular weight excluding hydrogens is 867 g/mol. The molecule has 0 bridgehead atoms. The Hall–Kier alpha value is -8.50.